The zero-order valence-corrected chi connectivity index (χ0v) is 13.6. The Hall–Kier alpha value is -2.21. The molecule has 0 aromatic carbocycles. The van der Waals surface area contributed by atoms with E-state index >= 15 is 0 Å². The van der Waals surface area contributed by atoms with Crippen LogP contribution < -0.4 is 5.32 Å². The minimum atomic E-state index is -0.0318. The molecule has 120 valence electrons. The van der Waals surface area contributed by atoms with Crippen LogP contribution in [0.4, 0.5) is 0 Å². The van der Waals surface area contributed by atoms with Gasteiger partial charge in [-0.05, 0) is 42.3 Å². The summed E-state index contributed by atoms with van der Waals surface area (Å²) in [5.41, 5.74) is 0.621. The van der Waals surface area contributed by atoms with E-state index in [9.17, 15) is 9.59 Å². The highest BCUT2D eigenvalue weighted by Gasteiger charge is 2.25. The molecule has 2 aromatic rings. The lowest BCUT2D eigenvalue weighted by molar-refractivity contribution is 0.0670. The Balaban J connectivity index is 1.54. The average molecular weight is 329 g/mol. The van der Waals surface area contributed by atoms with E-state index in [0.717, 1.165) is 24.3 Å². The standard InChI is InChI=1S/C17H19N3O2S/c21-16(15-6-3-9-23-15)19-10-13-4-2-8-20(12-13)17(22)14-5-1-7-18-11-14/h1,3,5-7,9,11,13H,2,4,8,10,12H2,(H,19,21)/t13-/m1/s1. The van der Waals surface area contributed by atoms with Gasteiger partial charge in [0.25, 0.3) is 11.8 Å². The van der Waals surface area contributed by atoms with Gasteiger partial charge < -0.3 is 10.2 Å². The number of thiophene rings is 1. The monoisotopic (exact) mass is 329 g/mol. The van der Waals surface area contributed by atoms with Gasteiger partial charge in [0.2, 0.25) is 0 Å². The van der Waals surface area contributed by atoms with Gasteiger partial charge in [0.05, 0.1) is 10.4 Å². The van der Waals surface area contributed by atoms with E-state index in [1.807, 2.05) is 22.4 Å². The van der Waals surface area contributed by atoms with Crippen LogP contribution >= 0.6 is 11.3 Å². The summed E-state index contributed by atoms with van der Waals surface area (Å²) in [6, 6.07) is 7.25. The first-order chi connectivity index (χ1) is 11.2. The number of hydrogen-bond acceptors (Lipinski definition) is 4. The number of amides is 2. The maximum atomic E-state index is 12.5. The molecular formula is C17H19N3O2S. The molecule has 3 heterocycles. The quantitative estimate of drug-likeness (QED) is 0.937. The van der Waals surface area contributed by atoms with E-state index in [2.05, 4.69) is 10.3 Å². The smallest absolute Gasteiger partial charge is 0.261 e. The van der Waals surface area contributed by atoms with Crippen molar-refractivity contribution >= 4 is 23.2 Å². The van der Waals surface area contributed by atoms with Gasteiger partial charge in [0.15, 0.2) is 0 Å². The molecule has 1 saturated heterocycles. The first-order valence-electron chi connectivity index (χ1n) is 7.75. The molecule has 0 radical (unpaired) electrons. The lowest BCUT2D eigenvalue weighted by atomic mass is 9.97. The van der Waals surface area contributed by atoms with Crippen LogP contribution in [0.25, 0.3) is 0 Å². The van der Waals surface area contributed by atoms with Gasteiger partial charge in [-0.3, -0.25) is 14.6 Å². The highest BCUT2D eigenvalue weighted by Crippen LogP contribution is 2.18. The van der Waals surface area contributed by atoms with Crippen LogP contribution in [0.15, 0.2) is 42.0 Å². The van der Waals surface area contributed by atoms with Crippen molar-refractivity contribution in [1.29, 1.82) is 0 Å². The van der Waals surface area contributed by atoms with Crippen molar-refractivity contribution in [2.24, 2.45) is 5.92 Å². The predicted octanol–water partition coefficient (Wildman–Crippen LogP) is 2.43. The van der Waals surface area contributed by atoms with Crippen molar-refractivity contribution in [3.8, 4) is 0 Å². The first-order valence-corrected chi connectivity index (χ1v) is 8.63. The van der Waals surface area contributed by atoms with Crippen LogP contribution in [0.1, 0.15) is 32.9 Å². The number of nitrogens with one attached hydrogen (secondary N) is 1. The van der Waals surface area contributed by atoms with Gasteiger partial charge in [-0.1, -0.05) is 6.07 Å². The second-order valence-corrected chi connectivity index (χ2v) is 6.64. The molecule has 6 heteroatoms. The van der Waals surface area contributed by atoms with Crippen molar-refractivity contribution in [2.45, 2.75) is 12.8 Å². The maximum Gasteiger partial charge on any atom is 0.261 e. The maximum absolute atomic E-state index is 12.5. The summed E-state index contributed by atoms with van der Waals surface area (Å²) in [4.78, 5) is 31.1. The fourth-order valence-electron chi connectivity index (χ4n) is 2.82. The summed E-state index contributed by atoms with van der Waals surface area (Å²) in [5, 5.41) is 4.87. The third-order valence-corrected chi connectivity index (χ3v) is 4.88. The second kappa shape index (κ2) is 7.37. The van der Waals surface area contributed by atoms with Gasteiger partial charge in [-0.25, -0.2) is 0 Å². The highest BCUT2D eigenvalue weighted by molar-refractivity contribution is 7.12. The predicted molar refractivity (Wildman–Crippen MR) is 89.5 cm³/mol. The Morgan fingerprint density at radius 1 is 1.35 bits per heavy atom. The minimum absolute atomic E-state index is 0.0207. The van der Waals surface area contributed by atoms with Crippen LogP contribution in [0.2, 0.25) is 0 Å². The minimum Gasteiger partial charge on any atom is -0.351 e. The molecule has 1 fully saturated rings. The Morgan fingerprint density at radius 3 is 3.00 bits per heavy atom. The van der Waals surface area contributed by atoms with E-state index in [1.165, 1.54) is 11.3 Å². The first kappa shape index (κ1) is 15.7. The number of carbonyl (C=O) groups is 2. The summed E-state index contributed by atoms with van der Waals surface area (Å²) in [6.45, 7) is 2.05. The number of aromatic nitrogens is 1. The van der Waals surface area contributed by atoms with Crippen LogP contribution in [0.3, 0.4) is 0 Å². The van der Waals surface area contributed by atoms with Gasteiger partial charge in [-0.2, -0.15) is 0 Å². The molecule has 1 aliphatic heterocycles. The van der Waals surface area contributed by atoms with E-state index < -0.39 is 0 Å². The molecule has 23 heavy (non-hydrogen) atoms. The molecule has 1 atom stereocenters. The summed E-state index contributed by atoms with van der Waals surface area (Å²) < 4.78 is 0. The molecule has 0 aliphatic carbocycles. The molecular weight excluding hydrogens is 310 g/mol. The van der Waals surface area contributed by atoms with Gasteiger partial charge in [0, 0.05) is 32.0 Å². The Bertz CT molecular complexity index is 658. The summed E-state index contributed by atoms with van der Waals surface area (Å²) in [6.07, 6.45) is 5.26. The fraction of sp³-hybridized carbons (Fsp3) is 0.353. The number of piperidine rings is 1. The SMILES string of the molecule is O=C(NC[C@H]1CCCN(C(=O)c2cccnc2)C1)c1cccs1. The summed E-state index contributed by atoms with van der Waals surface area (Å²) in [5.74, 6) is 0.288. The fourth-order valence-corrected chi connectivity index (χ4v) is 3.46. The van der Waals surface area contributed by atoms with E-state index in [1.54, 1.807) is 24.5 Å². The molecule has 0 spiro atoms. The lowest BCUT2D eigenvalue weighted by Gasteiger charge is -2.32. The Kier molecular flexibility index (Phi) is 5.02. The van der Waals surface area contributed by atoms with E-state index in [4.69, 9.17) is 0 Å². The number of likely N-dealkylation sites (tertiary alicyclic amines) is 1. The van der Waals surface area contributed by atoms with Gasteiger partial charge in [0.1, 0.15) is 0 Å². The molecule has 1 N–H and O–H groups in total. The van der Waals surface area contributed by atoms with Crippen LogP contribution in [0.5, 0.6) is 0 Å². The van der Waals surface area contributed by atoms with Crippen molar-refractivity contribution in [3.63, 3.8) is 0 Å². The number of hydrogen-bond donors (Lipinski definition) is 1. The van der Waals surface area contributed by atoms with Crippen molar-refractivity contribution in [3.05, 3.63) is 52.5 Å². The zero-order chi connectivity index (χ0) is 16.1. The third kappa shape index (κ3) is 3.96. The average Bonchev–Trinajstić information content (AvgIpc) is 3.15. The lowest BCUT2D eigenvalue weighted by Crippen LogP contribution is -2.43. The number of nitrogens with zero attached hydrogens (tertiary/aromatic N) is 2. The Morgan fingerprint density at radius 2 is 2.26 bits per heavy atom. The molecule has 0 saturated carbocycles. The van der Waals surface area contributed by atoms with Crippen molar-refractivity contribution in [2.75, 3.05) is 19.6 Å². The molecule has 1 aliphatic rings. The second-order valence-electron chi connectivity index (χ2n) is 5.69. The number of carbonyl (C=O) groups excluding carboxylic acids is 2. The van der Waals surface area contributed by atoms with Crippen LogP contribution in [-0.2, 0) is 0 Å². The summed E-state index contributed by atoms with van der Waals surface area (Å²) >= 11 is 1.44. The molecule has 5 nitrogen and oxygen atoms in total. The van der Waals surface area contributed by atoms with Crippen LogP contribution in [-0.4, -0.2) is 41.3 Å². The van der Waals surface area contributed by atoms with Gasteiger partial charge in [-0.15, -0.1) is 11.3 Å². The normalized spacial score (nSPS) is 17.7. The molecule has 0 bridgehead atoms. The molecule has 0 unspecified atom stereocenters. The van der Waals surface area contributed by atoms with Crippen molar-refractivity contribution in [1.82, 2.24) is 15.2 Å². The van der Waals surface area contributed by atoms with Crippen LogP contribution in [0, 0.1) is 5.92 Å². The third-order valence-electron chi connectivity index (χ3n) is 4.01. The van der Waals surface area contributed by atoms with Gasteiger partial charge >= 0.3 is 0 Å². The topological polar surface area (TPSA) is 62.3 Å². The largest absolute Gasteiger partial charge is 0.351 e. The summed E-state index contributed by atoms with van der Waals surface area (Å²) in [7, 11) is 0. The number of rotatable bonds is 4. The molecule has 3 rings (SSSR count). The number of pyridine rings is 1. The highest BCUT2D eigenvalue weighted by atomic mass is 32.1. The Labute approximate surface area is 139 Å². The van der Waals surface area contributed by atoms with E-state index in [0.29, 0.717) is 24.6 Å². The molecule has 2 amide bonds. The zero-order valence-electron chi connectivity index (χ0n) is 12.8. The molecule has 2 aromatic heterocycles. The van der Waals surface area contributed by atoms with Crippen molar-refractivity contribution < 1.29 is 9.59 Å². The van der Waals surface area contributed by atoms with E-state index in [-0.39, 0.29) is 11.8 Å².